The van der Waals surface area contributed by atoms with Gasteiger partial charge in [0.25, 0.3) is 0 Å². The van der Waals surface area contributed by atoms with E-state index in [1.54, 1.807) is 24.3 Å². The largest absolute Gasteiger partial charge is 0.379 e. The highest BCUT2D eigenvalue weighted by molar-refractivity contribution is 7.89. The number of amides is 1. The van der Waals surface area contributed by atoms with E-state index in [9.17, 15) is 13.2 Å². The van der Waals surface area contributed by atoms with Crippen LogP contribution in [0.4, 0.5) is 5.69 Å². The fraction of sp³-hybridized carbons (Fsp3) is 0.350. The lowest BCUT2D eigenvalue weighted by Gasteiger charge is -2.26. The van der Waals surface area contributed by atoms with Gasteiger partial charge in [0.2, 0.25) is 15.9 Å². The number of hydrogen-bond donors (Lipinski definition) is 1. The first-order valence-corrected chi connectivity index (χ1v) is 10.4. The van der Waals surface area contributed by atoms with E-state index >= 15 is 0 Å². The van der Waals surface area contributed by atoms with Crippen molar-refractivity contribution in [2.75, 3.05) is 31.6 Å². The molecule has 7 heteroatoms. The molecule has 0 radical (unpaired) electrons. The van der Waals surface area contributed by atoms with Gasteiger partial charge < -0.3 is 10.1 Å². The topological polar surface area (TPSA) is 75.7 Å². The minimum Gasteiger partial charge on any atom is -0.379 e. The summed E-state index contributed by atoms with van der Waals surface area (Å²) >= 11 is 0. The number of carbonyl (C=O) groups excluding carboxylic acids is 1. The van der Waals surface area contributed by atoms with Gasteiger partial charge in [-0.2, -0.15) is 4.31 Å². The van der Waals surface area contributed by atoms with E-state index < -0.39 is 10.0 Å². The van der Waals surface area contributed by atoms with Crippen LogP contribution >= 0.6 is 0 Å². The van der Waals surface area contributed by atoms with Gasteiger partial charge in [0.05, 0.1) is 18.1 Å². The van der Waals surface area contributed by atoms with Crippen molar-refractivity contribution in [3.05, 3.63) is 59.7 Å². The van der Waals surface area contributed by atoms with Crippen molar-refractivity contribution >= 4 is 21.6 Å². The number of rotatable bonds is 6. The molecule has 1 saturated heterocycles. The first kappa shape index (κ1) is 19.5. The molecule has 1 aliphatic rings. The van der Waals surface area contributed by atoms with Crippen LogP contribution in [0.2, 0.25) is 0 Å². The zero-order valence-corrected chi connectivity index (χ0v) is 16.2. The summed E-state index contributed by atoms with van der Waals surface area (Å²) in [6.07, 6.45) is 0.888. The molecular formula is C20H24N2O4S. The Morgan fingerprint density at radius 2 is 1.81 bits per heavy atom. The molecule has 0 saturated carbocycles. The molecule has 144 valence electrons. The zero-order chi connectivity index (χ0) is 19.3. The number of benzene rings is 2. The molecule has 1 heterocycles. The molecule has 3 rings (SSSR count). The summed E-state index contributed by atoms with van der Waals surface area (Å²) in [5.74, 6) is -0.0642. The zero-order valence-electron chi connectivity index (χ0n) is 15.3. The fourth-order valence-electron chi connectivity index (χ4n) is 2.97. The third-order valence-electron chi connectivity index (χ3n) is 4.47. The molecule has 1 aliphatic heterocycles. The molecule has 0 bridgehead atoms. The molecule has 0 unspecified atom stereocenters. The van der Waals surface area contributed by atoms with Gasteiger partial charge in [-0.1, -0.05) is 24.3 Å². The number of morpholine rings is 1. The normalized spacial score (nSPS) is 15.4. The second-order valence-electron chi connectivity index (χ2n) is 6.58. The van der Waals surface area contributed by atoms with E-state index in [1.807, 2.05) is 31.2 Å². The van der Waals surface area contributed by atoms with Gasteiger partial charge in [-0.3, -0.25) is 4.79 Å². The standard InChI is InChI=1S/C20H24N2O4S/c1-16-3-2-4-18(15-16)21-20(23)10-7-17-5-8-19(9-6-17)27(24,25)22-11-13-26-14-12-22/h2-6,8-9,15H,7,10-14H2,1H3,(H,21,23). The lowest BCUT2D eigenvalue weighted by molar-refractivity contribution is -0.116. The third kappa shape index (κ3) is 5.15. The summed E-state index contributed by atoms with van der Waals surface area (Å²) in [6, 6.07) is 14.4. The molecule has 0 spiro atoms. The van der Waals surface area contributed by atoms with Gasteiger partial charge in [0.15, 0.2) is 0 Å². The van der Waals surface area contributed by atoms with Crippen LogP contribution in [0.15, 0.2) is 53.4 Å². The SMILES string of the molecule is Cc1cccc(NC(=O)CCc2ccc(S(=O)(=O)N3CCOCC3)cc2)c1. The van der Waals surface area contributed by atoms with Crippen molar-refractivity contribution < 1.29 is 17.9 Å². The van der Waals surface area contributed by atoms with E-state index in [0.29, 0.717) is 39.1 Å². The Morgan fingerprint density at radius 3 is 2.48 bits per heavy atom. The smallest absolute Gasteiger partial charge is 0.243 e. The Labute approximate surface area is 160 Å². The number of nitrogens with zero attached hydrogens (tertiary/aromatic N) is 1. The predicted octanol–water partition coefficient (Wildman–Crippen LogP) is 2.59. The Bertz CT molecular complexity index is 888. The molecule has 0 aromatic heterocycles. The van der Waals surface area contributed by atoms with Crippen LogP contribution in [-0.4, -0.2) is 44.9 Å². The Kier molecular flexibility index (Phi) is 6.26. The lowest BCUT2D eigenvalue weighted by atomic mass is 10.1. The maximum Gasteiger partial charge on any atom is 0.243 e. The number of anilines is 1. The highest BCUT2D eigenvalue weighted by Gasteiger charge is 2.26. The number of sulfonamides is 1. The molecule has 27 heavy (non-hydrogen) atoms. The second-order valence-corrected chi connectivity index (χ2v) is 8.52. The molecule has 0 aliphatic carbocycles. The summed E-state index contributed by atoms with van der Waals surface area (Å²) in [5.41, 5.74) is 2.80. The summed E-state index contributed by atoms with van der Waals surface area (Å²) in [4.78, 5) is 12.4. The Balaban J connectivity index is 1.56. The molecule has 1 amide bonds. The van der Waals surface area contributed by atoms with E-state index in [2.05, 4.69) is 5.32 Å². The van der Waals surface area contributed by atoms with E-state index in [0.717, 1.165) is 16.8 Å². The fourth-order valence-corrected chi connectivity index (χ4v) is 4.38. The molecule has 0 atom stereocenters. The van der Waals surface area contributed by atoms with Crippen molar-refractivity contribution in [3.63, 3.8) is 0 Å². The third-order valence-corrected chi connectivity index (χ3v) is 6.39. The van der Waals surface area contributed by atoms with Crippen LogP contribution in [0.3, 0.4) is 0 Å². The van der Waals surface area contributed by atoms with Crippen LogP contribution < -0.4 is 5.32 Å². The first-order chi connectivity index (χ1) is 12.9. The number of nitrogens with one attached hydrogen (secondary N) is 1. The number of hydrogen-bond acceptors (Lipinski definition) is 4. The van der Waals surface area contributed by atoms with Crippen molar-refractivity contribution in [1.29, 1.82) is 0 Å². The number of aryl methyl sites for hydroxylation is 2. The molecule has 2 aromatic carbocycles. The van der Waals surface area contributed by atoms with Gasteiger partial charge in [0.1, 0.15) is 0 Å². The summed E-state index contributed by atoms with van der Waals surface area (Å²) < 4.78 is 31.9. The second kappa shape index (κ2) is 8.65. The lowest BCUT2D eigenvalue weighted by Crippen LogP contribution is -2.40. The van der Waals surface area contributed by atoms with Crippen molar-refractivity contribution in [2.24, 2.45) is 0 Å². The van der Waals surface area contributed by atoms with Crippen LogP contribution in [0.25, 0.3) is 0 Å². The van der Waals surface area contributed by atoms with Crippen molar-refractivity contribution in [1.82, 2.24) is 4.31 Å². The quantitative estimate of drug-likeness (QED) is 0.825. The average molecular weight is 388 g/mol. The van der Waals surface area contributed by atoms with Gasteiger partial charge in [-0.15, -0.1) is 0 Å². The van der Waals surface area contributed by atoms with E-state index in [1.165, 1.54) is 4.31 Å². The molecule has 1 N–H and O–H groups in total. The average Bonchev–Trinajstić information content (AvgIpc) is 2.67. The van der Waals surface area contributed by atoms with Gasteiger partial charge in [-0.05, 0) is 48.7 Å². The number of carbonyl (C=O) groups is 1. The van der Waals surface area contributed by atoms with Gasteiger partial charge in [0, 0.05) is 25.2 Å². The summed E-state index contributed by atoms with van der Waals surface area (Å²) in [6.45, 7) is 3.58. The maximum absolute atomic E-state index is 12.6. The Hall–Kier alpha value is -2.22. The minimum absolute atomic E-state index is 0.0642. The maximum atomic E-state index is 12.6. The van der Waals surface area contributed by atoms with Crippen LogP contribution in [0.1, 0.15) is 17.5 Å². The highest BCUT2D eigenvalue weighted by atomic mass is 32.2. The predicted molar refractivity (Wildman–Crippen MR) is 104 cm³/mol. The number of ether oxygens (including phenoxy) is 1. The van der Waals surface area contributed by atoms with Crippen LogP contribution in [0, 0.1) is 6.92 Å². The van der Waals surface area contributed by atoms with Crippen LogP contribution in [0.5, 0.6) is 0 Å². The minimum atomic E-state index is -3.48. The van der Waals surface area contributed by atoms with Crippen molar-refractivity contribution in [3.8, 4) is 0 Å². The molecule has 1 fully saturated rings. The molecular weight excluding hydrogens is 364 g/mol. The van der Waals surface area contributed by atoms with E-state index in [-0.39, 0.29) is 10.8 Å². The highest BCUT2D eigenvalue weighted by Crippen LogP contribution is 2.18. The van der Waals surface area contributed by atoms with Gasteiger partial charge in [-0.25, -0.2) is 8.42 Å². The van der Waals surface area contributed by atoms with Gasteiger partial charge >= 0.3 is 0 Å². The van der Waals surface area contributed by atoms with E-state index in [4.69, 9.17) is 4.74 Å². The monoisotopic (exact) mass is 388 g/mol. The molecule has 2 aromatic rings. The molecule has 6 nitrogen and oxygen atoms in total. The summed E-state index contributed by atoms with van der Waals surface area (Å²) in [5, 5.41) is 2.88. The summed E-state index contributed by atoms with van der Waals surface area (Å²) in [7, 11) is -3.48. The Morgan fingerprint density at radius 1 is 1.11 bits per heavy atom. The van der Waals surface area contributed by atoms with Crippen molar-refractivity contribution in [2.45, 2.75) is 24.7 Å². The first-order valence-electron chi connectivity index (χ1n) is 8.98. The van der Waals surface area contributed by atoms with Crippen LogP contribution in [-0.2, 0) is 26.0 Å².